The molecule has 1 rings (SSSR count). The van der Waals surface area contributed by atoms with E-state index in [0.717, 1.165) is 0 Å². The third-order valence-electron chi connectivity index (χ3n) is 1.87. The Kier molecular flexibility index (Phi) is 4.48. The van der Waals surface area contributed by atoms with Crippen LogP contribution in [0.4, 0.5) is 4.39 Å². The molecule has 0 saturated heterocycles. The van der Waals surface area contributed by atoms with E-state index in [9.17, 15) is 4.39 Å². The van der Waals surface area contributed by atoms with E-state index in [1.54, 1.807) is 6.07 Å². The van der Waals surface area contributed by atoms with Crippen molar-refractivity contribution in [2.45, 2.75) is 12.6 Å². The van der Waals surface area contributed by atoms with Crippen molar-refractivity contribution in [1.29, 1.82) is 0 Å². The lowest BCUT2D eigenvalue weighted by Crippen LogP contribution is -2.21. The molecule has 1 unspecified atom stereocenters. The second-order valence-electron chi connectivity index (χ2n) is 3.12. The molecule has 0 amide bonds. The van der Waals surface area contributed by atoms with Crippen molar-refractivity contribution in [1.82, 2.24) is 0 Å². The molecule has 1 aromatic carbocycles. The smallest absolute Gasteiger partial charge is 0.165 e. The van der Waals surface area contributed by atoms with Crippen molar-refractivity contribution in [3.8, 4) is 5.75 Å². The summed E-state index contributed by atoms with van der Waals surface area (Å²) in [6, 6.07) is 4.37. The van der Waals surface area contributed by atoms with Crippen LogP contribution in [-0.2, 0) is 6.54 Å². The minimum Gasteiger partial charge on any atom is -0.488 e. The van der Waals surface area contributed by atoms with Crippen LogP contribution >= 0.6 is 0 Å². The Labute approximate surface area is 87.1 Å². The molecular formula is C10H14FNO3. The molecule has 0 aliphatic rings. The third-order valence-corrected chi connectivity index (χ3v) is 1.87. The molecule has 0 fully saturated rings. The number of hydrogen-bond donors (Lipinski definition) is 3. The van der Waals surface area contributed by atoms with Crippen LogP contribution in [0.5, 0.6) is 5.75 Å². The lowest BCUT2D eigenvalue weighted by atomic mass is 10.2. The van der Waals surface area contributed by atoms with Crippen molar-refractivity contribution in [3.63, 3.8) is 0 Å². The van der Waals surface area contributed by atoms with Crippen LogP contribution in [0.2, 0.25) is 0 Å². The fraction of sp³-hybridized carbons (Fsp3) is 0.400. The van der Waals surface area contributed by atoms with Crippen LogP contribution in [0.1, 0.15) is 5.56 Å². The van der Waals surface area contributed by atoms with E-state index in [1.807, 2.05) is 0 Å². The van der Waals surface area contributed by atoms with Gasteiger partial charge in [-0.1, -0.05) is 6.07 Å². The fourth-order valence-electron chi connectivity index (χ4n) is 1.03. The molecule has 0 spiro atoms. The molecule has 0 aliphatic heterocycles. The Morgan fingerprint density at radius 1 is 1.47 bits per heavy atom. The van der Waals surface area contributed by atoms with E-state index >= 15 is 0 Å². The van der Waals surface area contributed by atoms with E-state index < -0.39 is 18.5 Å². The first-order chi connectivity index (χ1) is 7.17. The molecule has 0 radical (unpaired) electrons. The van der Waals surface area contributed by atoms with Crippen molar-refractivity contribution in [2.75, 3.05) is 13.2 Å². The summed E-state index contributed by atoms with van der Waals surface area (Å²) in [4.78, 5) is 0. The highest BCUT2D eigenvalue weighted by atomic mass is 19.1. The van der Waals surface area contributed by atoms with Gasteiger partial charge in [-0.2, -0.15) is 0 Å². The van der Waals surface area contributed by atoms with Gasteiger partial charge in [0.2, 0.25) is 0 Å². The highest BCUT2D eigenvalue weighted by Gasteiger charge is 2.07. The van der Waals surface area contributed by atoms with Gasteiger partial charge in [-0.15, -0.1) is 0 Å². The van der Waals surface area contributed by atoms with Crippen LogP contribution < -0.4 is 10.5 Å². The predicted molar refractivity (Wildman–Crippen MR) is 52.9 cm³/mol. The molecule has 1 aromatic rings. The van der Waals surface area contributed by atoms with E-state index in [4.69, 9.17) is 20.7 Å². The SMILES string of the molecule is NCc1ccc(OCC(O)CO)c(F)c1. The standard InChI is InChI=1S/C10H14FNO3/c11-9-3-7(4-12)1-2-10(9)15-6-8(14)5-13/h1-3,8,13-14H,4-6,12H2. The van der Waals surface area contributed by atoms with E-state index in [2.05, 4.69) is 0 Å². The van der Waals surface area contributed by atoms with Gasteiger partial charge in [0.05, 0.1) is 6.61 Å². The first-order valence-corrected chi connectivity index (χ1v) is 4.57. The Morgan fingerprint density at radius 2 is 2.20 bits per heavy atom. The molecule has 4 nitrogen and oxygen atoms in total. The van der Waals surface area contributed by atoms with Gasteiger partial charge in [-0.05, 0) is 17.7 Å². The largest absolute Gasteiger partial charge is 0.488 e. The van der Waals surface area contributed by atoms with E-state index in [-0.39, 0.29) is 18.9 Å². The van der Waals surface area contributed by atoms with Crippen molar-refractivity contribution < 1.29 is 19.3 Å². The second kappa shape index (κ2) is 5.65. The summed E-state index contributed by atoms with van der Waals surface area (Å²) >= 11 is 0. The van der Waals surface area contributed by atoms with Crippen LogP contribution in [0, 0.1) is 5.82 Å². The first kappa shape index (κ1) is 11.9. The molecule has 0 heterocycles. The second-order valence-corrected chi connectivity index (χ2v) is 3.12. The molecule has 0 aliphatic carbocycles. The molecule has 0 saturated carbocycles. The van der Waals surface area contributed by atoms with Gasteiger partial charge in [0.15, 0.2) is 11.6 Å². The highest BCUT2D eigenvalue weighted by molar-refractivity contribution is 5.29. The van der Waals surface area contributed by atoms with Gasteiger partial charge in [0.25, 0.3) is 0 Å². The van der Waals surface area contributed by atoms with Gasteiger partial charge >= 0.3 is 0 Å². The quantitative estimate of drug-likeness (QED) is 0.647. The molecular weight excluding hydrogens is 201 g/mol. The van der Waals surface area contributed by atoms with Crippen LogP contribution in [0.15, 0.2) is 18.2 Å². The average molecular weight is 215 g/mol. The number of aliphatic hydroxyl groups excluding tert-OH is 2. The van der Waals surface area contributed by atoms with E-state index in [0.29, 0.717) is 5.56 Å². The average Bonchev–Trinajstić information content (AvgIpc) is 2.26. The maximum absolute atomic E-state index is 13.3. The lowest BCUT2D eigenvalue weighted by Gasteiger charge is -2.10. The molecule has 5 heteroatoms. The zero-order valence-electron chi connectivity index (χ0n) is 8.19. The zero-order valence-corrected chi connectivity index (χ0v) is 8.19. The summed E-state index contributed by atoms with van der Waals surface area (Å²) in [6.07, 6.45) is -1.00. The Bertz CT molecular complexity index is 320. The van der Waals surface area contributed by atoms with Crippen molar-refractivity contribution in [2.24, 2.45) is 5.73 Å². The van der Waals surface area contributed by atoms with Crippen LogP contribution in [0.25, 0.3) is 0 Å². The van der Waals surface area contributed by atoms with E-state index in [1.165, 1.54) is 12.1 Å². The van der Waals surface area contributed by atoms with Crippen molar-refractivity contribution >= 4 is 0 Å². The molecule has 0 bridgehead atoms. The maximum Gasteiger partial charge on any atom is 0.165 e. The van der Waals surface area contributed by atoms with Gasteiger partial charge in [0, 0.05) is 6.54 Å². The molecule has 0 aromatic heterocycles. The Balaban J connectivity index is 2.62. The maximum atomic E-state index is 13.3. The monoisotopic (exact) mass is 215 g/mol. The number of rotatable bonds is 5. The topological polar surface area (TPSA) is 75.7 Å². The van der Waals surface area contributed by atoms with Crippen molar-refractivity contribution in [3.05, 3.63) is 29.6 Å². The summed E-state index contributed by atoms with van der Waals surface area (Å²) in [7, 11) is 0. The molecule has 1 atom stereocenters. The Hall–Kier alpha value is -1.17. The number of halogens is 1. The number of hydrogen-bond acceptors (Lipinski definition) is 4. The number of benzene rings is 1. The normalized spacial score (nSPS) is 12.5. The van der Waals surface area contributed by atoms with Gasteiger partial charge in [0.1, 0.15) is 12.7 Å². The summed E-state index contributed by atoms with van der Waals surface area (Å²) in [5.41, 5.74) is 6.00. The third kappa shape index (κ3) is 3.47. The van der Waals surface area contributed by atoms with Gasteiger partial charge in [-0.3, -0.25) is 0 Å². The summed E-state index contributed by atoms with van der Waals surface area (Å²) in [5, 5.41) is 17.5. The van der Waals surface area contributed by atoms with Crippen LogP contribution in [-0.4, -0.2) is 29.5 Å². The summed E-state index contributed by atoms with van der Waals surface area (Å²) in [5.74, 6) is -0.484. The number of ether oxygens (including phenoxy) is 1. The van der Waals surface area contributed by atoms with Crippen LogP contribution in [0.3, 0.4) is 0 Å². The van der Waals surface area contributed by atoms with Gasteiger partial charge < -0.3 is 20.7 Å². The number of nitrogens with two attached hydrogens (primary N) is 1. The minimum absolute atomic E-state index is 0.0414. The lowest BCUT2D eigenvalue weighted by molar-refractivity contribution is 0.0523. The predicted octanol–water partition coefficient (Wildman–Crippen LogP) is 0.0164. The molecule has 84 valence electrons. The van der Waals surface area contributed by atoms with Gasteiger partial charge in [-0.25, -0.2) is 4.39 Å². The highest BCUT2D eigenvalue weighted by Crippen LogP contribution is 2.18. The first-order valence-electron chi connectivity index (χ1n) is 4.57. The minimum atomic E-state index is -1.00. The fourth-order valence-corrected chi connectivity index (χ4v) is 1.03. The zero-order chi connectivity index (χ0) is 11.3. The molecule has 15 heavy (non-hydrogen) atoms. The Morgan fingerprint density at radius 3 is 2.73 bits per heavy atom. The summed E-state index contributed by atoms with van der Waals surface area (Å²) < 4.78 is 18.2. The number of aliphatic hydroxyl groups is 2. The summed E-state index contributed by atoms with van der Waals surface area (Å²) in [6.45, 7) is -0.297. The molecule has 4 N–H and O–H groups in total.